The second-order valence-corrected chi connectivity index (χ2v) is 8.22. The standard InChI is InChI=1S/C19H27N10/c1-26(2)16-5-6-22-19-15(12-23-28(16)19)24-17-13(20)11-14(21)18(25-17)27-7-9-29(3,4)10-8-27/h5-6,11-12,21H,7-10,20H2,1-4H3/q+1/b21-14?,24-17-. The second kappa shape index (κ2) is 6.96. The lowest BCUT2D eigenvalue weighted by Gasteiger charge is -2.40. The van der Waals surface area contributed by atoms with Crippen LogP contribution in [0.3, 0.4) is 0 Å². The lowest BCUT2D eigenvalue weighted by molar-refractivity contribution is -0.894. The van der Waals surface area contributed by atoms with Gasteiger partial charge in [-0.05, 0) is 12.1 Å². The SMILES string of the molecule is CN(C)c1ccnc2c(/N=C3\N=C(N4CC[N+](C)(C)CC4)C(=N)C=C3N)cnn12. The summed E-state index contributed by atoms with van der Waals surface area (Å²) in [6, 6.07) is 1.89. The van der Waals surface area contributed by atoms with E-state index in [2.05, 4.69) is 39.1 Å². The van der Waals surface area contributed by atoms with Crippen molar-refractivity contribution in [3.8, 4) is 0 Å². The van der Waals surface area contributed by atoms with Crippen LogP contribution < -0.4 is 10.6 Å². The topological polar surface area (TPSA) is 111 Å². The summed E-state index contributed by atoms with van der Waals surface area (Å²) in [7, 11) is 8.34. The van der Waals surface area contributed by atoms with Gasteiger partial charge in [-0.25, -0.2) is 15.0 Å². The lowest BCUT2D eigenvalue weighted by atomic mass is 10.1. The maximum absolute atomic E-state index is 8.33. The van der Waals surface area contributed by atoms with Crippen molar-refractivity contribution in [2.75, 3.05) is 59.3 Å². The summed E-state index contributed by atoms with van der Waals surface area (Å²) >= 11 is 0. The van der Waals surface area contributed by atoms with Crippen LogP contribution in [-0.2, 0) is 0 Å². The third-order valence-corrected chi connectivity index (χ3v) is 5.31. The van der Waals surface area contributed by atoms with E-state index in [9.17, 15) is 0 Å². The van der Waals surface area contributed by atoms with Crippen molar-refractivity contribution < 1.29 is 4.48 Å². The monoisotopic (exact) mass is 395 g/mol. The average Bonchev–Trinajstić information content (AvgIpc) is 3.07. The second-order valence-electron chi connectivity index (χ2n) is 8.22. The van der Waals surface area contributed by atoms with E-state index >= 15 is 0 Å². The molecule has 0 radical (unpaired) electrons. The third kappa shape index (κ3) is 3.58. The molecule has 0 amide bonds. The van der Waals surface area contributed by atoms with Crippen LogP contribution in [0.4, 0.5) is 11.5 Å². The first-order chi connectivity index (χ1) is 13.7. The zero-order chi connectivity index (χ0) is 20.8. The Balaban J connectivity index is 1.70. The van der Waals surface area contributed by atoms with E-state index in [1.54, 1.807) is 23.0 Å². The predicted molar refractivity (Wildman–Crippen MR) is 115 cm³/mol. The smallest absolute Gasteiger partial charge is 0.183 e. The fourth-order valence-corrected chi connectivity index (χ4v) is 3.46. The van der Waals surface area contributed by atoms with Gasteiger partial charge in [0.05, 0.1) is 57.9 Å². The van der Waals surface area contributed by atoms with Gasteiger partial charge in [-0.2, -0.15) is 9.61 Å². The highest BCUT2D eigenvalue weighted by Crippen LogP contribution is 2.23. The van der Waals surface area contributed by atoms with E-state index in [0.717, 1.165) is 36.5 Å². The molecule has 3 N–H and O–H groups in total. The number of dihydropyridines is 1. The van der Waals surface area contributed by atoms with Gasteiger partial charge in [-0.3, -0.25) is 5.41 Å². The van der Waals surface area contributed by atoms with Crippen LogP contribution in [0.2, 0.25) is 0 Å². The van der Waals surface area contributed by atoms with Crippen molar-refractivity contribution >= 4 is 34.5 Å². The van der Waals surface area contributed by atoms with E-state index in [-0.39, 0.29) is 0 Å². The minimum atomic E-state index is 0.321. The van der Waals surface area contributed by atoms with Gasteiger partial charge >= 0.3 is 0 Å². The molecule has 0 spiro atoms. The number of fused-ring (bicyclic) bond motifs is 1. The Kier molecular flexibility index (Phi) is 4.58. The van der Waals surface area contributed by atoms with Gasteiger partial charge in [-0.15, -0.1) is 0 Å². The number of rotatable bonds is 2. The van der Waals surface area contributed by atoms with Gasteiger partial charge in [0.25, 0.3) is 0 Å². The number of hydrogen-bond acceptors (Lipinski definition) is 7. The van der Waals surface area contributed by atoms with E-state index in [1.807, 2.05) is 25.1 Å². The van der Waals surface area contributed by atoms with Crippen molar-refractivity contribution in [2.24, 2.45) is 15.7 Å². The van der Waals surface area contributed by atoms with Gasteiger partial charge in [0.15, 0.2) is 17.3 Å². The van der Waals surface area contributed by atoms with Crippen molar-refractivity contribution in [3.63, 3.8) is 0 Å². The first-order valence-electron chi connectivity index (χ1n) is 9.56. The van der Waals surface area contributed by atoms with Crippen molar-refractivity contribution in [1.82, 2.24) is 19.5 Å². The summed E-state index contributed by atoms with van der Waals surface area (Å²) < 4.78 is 2.71. The number of aromatic nitrogens is 3. The third-order valence-electron chi connectivity index (χ3n) is 5.31. The molecule has 10 nitrogen and oxygen atoms in total. The van der Waals surface area contributed by atoms with Gasteiger partial charge < -0.3 is 20.0 Å². The van der Waals surface area contributed by atoms with E-state index in [4.69, 9.17) is 11.1 Å². The summed E-state index contributed by atoms with van der Waals surface area (Å²) in [6.07, 6.45) is 5.01. The minimum Gasteiger partial charge on any atom is -0.396 e. The first-order valence-corrected chi connectivity index (χ1v) is 9.56. The highest BCUT2D eigenvalue weighted by Gasteiger charge is 2.29. The van der Waals surface area contributed by atoms with E-state index in [0.29, 0.717) is 34.4 Å². The van der Waals surface area contributed by atoms with Crippen LogP contribution in [0.25, 0.3) is 5.65 Å². The molecule has 1 fully saturated rings. The molecule has 0 aromatic carbocycles. The first kappa shape index (κ1) is 19.1. The molecule has 2 aliphatic rings. The average molecular weight is 395 g/mol. The molecule has 1 saturated heterocycles. The number of amidine groups is 2. The van der Waals surface area contributed by atoms with Gasteiger partial charge in [0.2, 0.25) is 0 Å². The Labute approximate surface area is 169 Å². The molecule has 0 atom stereocenters. The molecule has 0 bridgehead atoms. The molecule has 2 aliphatic heterocycles. The van der Waals surface area contributed by atoms with Gasteiger partial charge in [-0.1, -0.05) is 0 Å². The molecular weight excluding hydrogens is 368 g/mol. The molecule has 2 aromatic heterocycles. The summed E-state index contributed by atoms with van der Waals surface area (Å²) in [4.78, 5) is 17.8. The number of nitrogens with two attached hydrogens (primary N) is 1. The Bertz CT molecular complexity index is 1050. The fourth-order valence-electron chi connectivity index (χ4n) is 3.46. The van der Waals surface area contributed by atoms with Crippen LogP contribution in [-0.4, -0.2) is 95.7 Å². The molecule has 0 aliphatic carbocycles. The van der Waals surface area contributed by atoms with Crippen molar-refractivity contribution in [3.05, 3.63) is 30.2 Å². The summed E-state index contributed by atoms with van der Waals surface area (Å²) in [5, 5.41) is 12.7. The normalized spacial score (nSPS) is 20.8. The molecule has 4 heterocycles. The number of anilines is 1. The number of quaternary nitrogens is 1. The van der Waals surface area contributed by atoms with E-state index in [1.165, 1.54) is 0 Å². The molecule has 4 rings (SSSR count). The van der Waals surface area contributed by atoms with Crippen LogP contribution in [0.1, 0.15) is 0 Å². The summed E-state index contributed by atoms with van der Waals surface area (Å²) in [5.41, 5.74) is 8.06. The Morgan fingerprint density at radius 1 is 1.24 bits per heavy atom. The molecule has 152 valence electrons. The summed E-state index contributed by atoms with van der Waals surface area (Å²) in [5.74, 6) is 1.91. The van der Waals surface area contributed by atoms with Gasteiger partial charge in [0, 0.05) is 20.3 Å². The molecule has 0 unspecified atom stereocenters. The zero-order valence-electron chi connectivity index (χ0n) is 17.3. The van der Waals surface area contributed by atoms with Crippen molar-refractivity contribution in [1.29, 1.82) is 5.41 Å². The highest BCUT2D eigenvalue weighted by molar-refractivity contribution is 6.48. The Morgan fingerprint density at radius 3 is 2.66 bits per heavy atom. The number of likely N-dealkylation sites (N-methyl/N-ethyl adjacent to an activating group) is 1. The quantitative estimate of drug-likeness (QED) is 0.719. The lowest BCUT2D eigenvalue weighted by Crippen LogP contribution is -2.57. The maximum atomic E-state index is 8.33. The fraction of sp³-hybridized carbons (Fsp3) is 0.421. The summed E-state index contributed by atoms with van der Waals surface area (Å²) in [6.45, 7) is 3.70. The molecular formula is C19H27N10+. The highest BCUT2D eigenvalue weighted by atomic mass is 15.4. The number of nitrogens with zero attached hydrogens (tertiary/aromatic N) is 8. The van der Waals surface area contributed by atoms with E-state index < -0.39 is 0 Å². The number of piperazine rings is 1. The van der Waals surface area contributed by atoms with Crippen LogP contribution in [0.15, 0.2) is 40.2 Å². The number of aliphatic imine (C=N–C) groups is 2. The number of nitrogens with one attached hydrogen (secondary N) is 1. The number of hydrogen-bond donors (Lipinski definition) is 2. The molecule has 10 heteroatoms. The predicted octanol–water partition coefficient (Wildman–Crippen LogP) is 0.492. The molecule has 29 heavy (non-hydrogen) atoms. The minimum absolute atomic E-state index is 0.321. The molecule has 2 aromatic rings. The van der Waals surface area contributed by atoms with Gasteiger partial charge in [0.1, 0.15) is 11.5 Å². The maximum Gasteiger partial charge on any atom is 0.183 e. The van der Waals surface area contributed by atoms with Crippen molar-refractivity contribution in [2.45, 2.75) is 0 Å². The van der Waals surface area contributed by atoms with Crippen LogP contribution in [0, 0.1) is 5.41 Å². The molecule has 0 saturated carbocycles. The van der Waals surface area contributed by atoms with Crippen LogP contribution in [0.5, 0.6) is 0 Å². The Hall–Kier alpha value is -3.27. The van der Waals surface area contributed by atoms with Crippen LogP contribution >= 0.6 is 0 Å². The zero-order valence-corrected chi connectivity index (χ0v) is 17.3. The largest absolute Gasteiger partial charge is 0.396 e. The Morgan fingerprint density at radius 2 is 1.97 bits per heavy atom.